The third kappa shape index (κ3) is 3.42. The van der Waals surface area contributed by atoms with Gasteiger partial charge in [-0.3, -0.25) is 14.9 Å². The number of amides is 1. The zero-order valence-electron chi connectivity index (χ0n) is 9.57. The Kier molecular flexibility index (Phi) is 4.45. The highest BCUT2D eigenvalue weighted by atomic mass is 35.5. The van der Waals surface area contributed by atoms with Crippen LogP contribution >= 0.6 is 11.6 Å². The van der Waals surface area contributed by atoms with Crippen LogP contribution in [-0.2, 0) is 0 Å². The van der Waals surface area contributed by atoms with Crippen molar-refractivity contribution in [2.45, 2.75) is 26.3 Å². The molecule has 0 fully saturated rings. The molecule has 1 rings (SSSR count). The zero-order valence-corrected chi connectivity index (χ0v) is 10.3. The SMILES string of the molecule is CC[C@@H](C)NC(=O)c1cc([N+](=O)[O-])ccc1Cl. The van der Waals surface area contributed by atoms with Crippen molar-refractivity contribution in [3.05, 3.63) is 38.9 Å². The number of benzene rings is 1. The molecular formula is C11H13ClN2O3. The van der Waals surface area contributed by atoms with E-state index in [1.807, 2.05) is 13.8 Å². The zero-order chi connectivity index (χ0) is 13.0. The molecule has 0 unspecified atom stereocenters. The van der Waals surface area contributed by atoms with E-state index < -0.39 is 10.8 Å². The fourth-order valence-corrected chi connectivity index (χ4v) is 1.41. The minimum atomic E-state index is -0.559. The number of hydrogen-bond donors (Lipinski definition) is 1. The maximum atomic E-state index is 11.8. The van der Waals surface area contributed by atoms with Gasteiger partial charge in [-0.25, -0.2) is 0 Å². The van der Waals surface area contributed by atoms with Crippen molar-refractivity contribution >= 4 is 23.2 Å². The molecule has 1 aromatic carbocycles. The Morgan fingerprint density at radius 1 is 1.59 bits per heavy atom. The number of halogens is 1. The molecule has 1 N–H and O–H groups in total. The van der Waals surface area contributed by atoms with E-state index in [1.54, 1.807) is 0 Å². The molecule has 5 nitrogen and oxygen atoms in total. The first kappa shape index (κ1) is 13.4. The maximum Gasteiger partial charge on any atom is 0.270 e. The lowest BCUT2D eigenvalue weighted by Crippen LogP contribution is -2.32. The molecule has 1 atom stereocenters. The lowest BCUT2D eigenvalue weighted by molar-refractivity contribution is -0.384. The number of carbonyl (C=O) groups excluding carboxylic acids is 1. The van der Waals surface area contributed by atoms with E-state index in [2.05, 4.69) is 5.32 Å². The highest BCUT2D eigenvalue weighted by molar-refractivity contribution is 6.33. The summed E-state index contributed by atoms with van der Waals surface area (Å²) in [5.74, 6) is -0.395. The van der Waals surface area contributed by atoms with Crippen LogP contribution in [0.15, 0.2) is 18.2 Å². The predicted octanol–water partition coefficient (Wildman–Crippen LogP) is 2.78. The fourth-order valence-electron chi connectivity index (χ4n) is 1.20. The number of carbonyl (C=O) groups is 1. The molecule has 0 aliphatic carbocycles. The first-order chi connectivity index (χ1) is 7.95. The summed E-state index contributed by atoms with van der Waals surface area (Å²) in [5.41, 5.74) is -0.0233. The standard InChI is InChI=1S/C11H13ClN2O3/c1-3-7(2)13-11(15)9-6-8(14(16)17)4-5-10(9)12/h4-7H,3H2,1-2H3,(H,13,15)/t7-/m1/s1. The van der Waals surface area contributed by atoms with Crippen LogP contribution in [0, 0.1) is 10.1 Å². The molecule has 0 bridgehead atoms. The summed E-state index contributed by atoms with van der Waals surface area (Å²) in [6.07, 6.45) is 0.776. The summed E-state index contributed by atoms with van der Waals surface area (Å²) in [6, 6.07) is 3.80. The van der Waals surface area contributed by atoms with Gasteiger partial charge in [0.1, 0.15) is 0 Å². The summed E-state index contributed by atoms with van der Waals surface area (Å²) in [7, 11) is 0. The second-order valence-corrected chi connectivity index (χ2v) is 4.11. The summed E-state index contributed by atoms with van der Waals surface area (Å²) in [5, 5.41) is 13.5. The van der Waals surface area contributed by atoms with Crippen LogP contribution in [0.3, 0.4) is 0 Å². The van der Waals surface area contributed by atoms with Crippen LogP contribution in [0.4, 0.5) is 5.69 Å². The lowest BCUT2D eigenvalue weighted by atomic mass is 10.1. The third-order valence-corrected chi connectivity index (χ3v) is 2.72. The van der Waals surface area contributed by atoms with Gasteiger partial charge < -0.3 is 5.32 Å². The molecule has 0 heterocycles. The highest BCUT2D eigenvalue weighted by Gasteiger charge is 2.16. The summed E-state index contributed by atoms with van der Waals surface area (Å²) < 4.78 is 0. The summed E-state index contributed by atoms with van der Waals surface area (Å²) in [4.78, 5) is 21.8. The van der Waals surface area contributed by atoms with Gasteiger partial charge in [0.2, 0.25) is 0 Å². The number of nitro benzene ring substituents is 1. The Morgan fingerprint density at radius 2 is 2.24 bits per heavy atom. The van der Waals surface area contributed by atoms with Crippen LogP contribution < -0.4 is 5.32 Å². The number of non-ortho nitro benzene ring substituents is 1. The van der Waals surface area contributed by atoms with Crippen LogP contribution in [0.2, 0.25) is 5.02 Å². The van der Waals surface area contributed by atoms with Gasteiger partial charge in [0.05, 0.1) is 15.5 Å². The largest absolute Gasteiger partial charge is 0.350 e. The number of nitro groups is 1. The van der Waals surface area contributed by atoms with Crippen molar-refractivity contribution in [1.29, 1.82) is 0 Å². The Labute approximate surface area is 104 Å². The quantitative estimate of drug-likeness (QED) is 0.665. The Morgan fingerprint density at radius 3 is 2.76 bits per heavy atom. The fraction of sp³-hybridized carbons (Fsp3) is 0.364. The molecule has 17 heavy (non-hydrogen) atoms. The first-order valence-corrected chi connectivity index (χ1v) is 5.58. The van der Waals surface area contributed by atoms with Crippen molar-refractivity contribution in [3.8, 4) is 0 Å². The Bertz CT molecular complexity index is 448. The van der Waals surface area contributed by atoms with Gasteiger partial charge in [-0.2, -0.15) is 0 Å². The van der Waals surface area contributed by atoms with Crippen LogP contribution in [0.25, 0.3) is 0 Å². The topological polar surface area (TPSA) is 72.2 Å². The monoisotopic (exact) mass is 256 g/mol. The normalized spacial score (nSPS) is 11.9. The number of hydrogen-bond acceptors (Lipinski definition) is 3. The van der Waals surface area contributed by atoms with Crippen molar-refractivity contribution in [3.63, 3.8) is 0 Å². The number of nitrogens with one attached hydrogen (secondary N) is 1. The molecule has 1 aromatic rings. The molecule has 0 aliphatic rings. The van der Waals surface area contributed by atoms with Gasteiger partial charge >= 0.3 is 0 Å². The van der Waals surface area contributed by atoms with Gasteiger partial charge in [-0.15, -0.1) is 0 Å². The van der Waals surface area contributed by atoms with E-state index in [0.717, 1.165) is 6.42 Å². The highest BCUT2D eigenvalue weighted by Crippen LogP contribution is 2.22. The molecule has 1 amide bonds. The van der Waals surface area contributed by atoms with Crippen LogP contribution in [-0.4, -0.2) is 16.9 Å². The van der Waals surface area contributed by atoms with E-state index in [-0.39, 0.29) is 22.3 Å². The van der Waals surface area contributed by atoms with Crippen molar-refractivity contribution in [1.82, 2.24) is 5.32 Å². The average molecular weight is 257 g/mol. The molecule has 0 radical (unpaired) electrons. The molecule has 0 spiro atoms. The number of rotatable bonds is 4. The van der Waals surface area contributed by atoms with Gasteiger partial charge in [0, 0.05) is 18.2 Å². The average Bonchev–Trinajstić information content (AvgIpc) is 2.28. The van der Waals surface area contributed by atoms with Gasteiger partial charge in [0.15, 0.2) is 0 Å². The number of nitrogens with zero attached hydrogens (tertiary/aromatic N) is 1. The first-order valence-electron chi connectivity index (χ1n) is 5.20. The minimum Gasteiger partial charge on any atom is -0.350 e. The molecule has 0 aliphatic heterocycles. The van der Waals surface area contributed by atoms with Gasteiger partial charge in [0.25, 0.3) is 11.6 Å². The van der Waals surface area contributed by atoms with E-state index in [0.29, 0.717) is 0 Å². The van der Waals surface area contributed by atoms with Crippen LogP contribution in [0.5, 0.6) is 0 Å². The smallest absolute Gasteiger partial charge is 0.270 e. The molecule has 92 valence electrons. The van der Waals surface area contributed by atoms with E-state index in [1.165, 1.54) is 18.2 Å². The maximum absolute atomic E-state index is 11.8. The van der Waals surface area contributed by atoms with Crippen molar-refractivity contribution in [2.75, 3.05) is 0 Å². The van der Waals surface area contributed by atoms with E-state index >= 15 is 0 Å². The lowest BCUT2D eigenvalue weighted by Gasteiger charge is -2.11. The summed E-state index contributed by atoms with van der Waals surface area (Å²) >= 11 is 5.84. The van der Waals surface area contributed by atoms with Crippen molar-refractivity contribution < 1.29 is 9.72 Å². The second kappa shape index (κ2) is 5.63. The third-order valence-electron chi connectivity index (χ3n) is 2.40. The van der Waals surface area contributed by atoms with E-state index in [4.69, 9.17) is 11.6 Å². The second-order valence-electron chi connectivity index (χ2n) is 3.70. The van der Waals surface area contributed by atoms with Gasteiger partial charge in [-0.1, -0.05) is 18.5 Å². The van der Waals surface area contributed by atoms with Gasteiger partial charge in [-0.05, 0) is 19.4 Å². The Hall–Kier alpha value is -1.62. The molecule has 0 aromatic heterocycles. The molecule has 6 heteroatoms. The van der Waals surface area contributed by atoms with Crippen molar-refractivity contribution in [2.24, 2.45) is 0 Å². The Balaban J connectivity index is 3.00. The van der Waals surface area contributed by atoms with E-state index in [9.17, 15) is 14.9 Å². The molecule has 0 saturated heterocycles. The predicted molar refractivity (Wildman–Crippen MR) is 65.3 cm³/mol. The molecule has 0 saturated carbocycles. The summed E-state index contributed by atoms with van der Waals surface area (Å²) in [6.45, 7) is 3.78. The van der Waals surface area contributed by atoms with Crippen LogP contribution in [0.1, 0.15) is 30.6 Å². The molecular weight excluding hydrogens is 244 g/mol. The minimum absolute atomic E-state index is 0.00201.